The average Bonchev–Trinajstić information content (AvgIpc) is 3.42. The Morgan fingerprint density at radius 2 is 1.49 bits per heavy atom. The van der Waals surface area contributed by atoms with Crippen molar-refractivity contribution in [2.24, 2.45) is 0 Å². The highest BCUT2D eigenvalue weighted by Crippen LogP contribution is 2.35. The molecule has 5 nitrogen and oxygen atoms in total. The number of likely N-dealkylation sites (tertiary alicyclic amines) is 1. The molecule has 2 aliphatic heterocycles. The standard InChI is InChI=1S/C29H33N3O2S/c1-3-30(20-26-17-14-21(2)35-26)29(34)32-24-15-16-25(32)19-31(18-24)28(33)27(22-10-6-4-7-11-22)23-12-8-5-9-13-23/h4-14,17,24-25,27H,3,15-16,18-20H2,1-2H3/t24-,25+. The van der Waals surface area contributed by atoms with Crippen LogP contribution in [0.15, 0.2) is 72.8 Å². The predicted octanol–water partition coefficient (Wildman–Crippen LogP) is 5.51. The molecular weight excluding hydrogens is 454 g/mol. The zero-order valence-corrected chi connectivity index (χ0v) is 21.3. The van der Waals surface area contributed by atoms with E-state index in [9.17, 15) is 9.59 Å². The third-order valence-corrected chi connectivity index (χ3v) is 8.31. The van der Waals surface area contributed by atoms with Gasteiger partial charge in [0.25, 0.3) is 0 Å². The number of benzene rings is 2. The minimum atomic E-state index is -0.326. The van der Waals surface area contributed by atoms with Gasteiger partial charge in [0.2, 0.25) is 5.91 Å². The second kappa shape index (κ2) is 10.2. The van der Waals surface area contributed by atoms with E-state index < -0.39 is 0 Å². The number of urea groups is 1. The number of fused-ring (bicyclic) bond motifs is 2. The van der Waals surface area contributed by atoms with Crippen LogP contribution in [0.3, 0.4) is 0 Å². The number of hydrogen-bond acceptors (Lipinski definition) is 3. The lowest BCUT2D eigenvalue weighted by Gasteiger charge is -2.43. The molecule has 6 heteroatoms. The molecule has 182 valence electrons. The van der Waals surface area contributed by atoms with Gasteiger partial charge >= 0.3 is 6.03 Å². The maximum Gasteiger partial charge on any atom is 0.320 e. The molecule has 3 heterocycles. The summed E-state index contributed by atoms with van der Waals surface area (Å²) in [6.07, 6.45) is 1.91. The Labute approximate surface area is 212 Å². The molecule has 2 aromatic carbocycles. The van der Waals surface area contributed by atoms with Crippen LogP contribution in [0.1, 0.15) is 46.6 Å². The van der Waals surface area contributed by atoms with Crippen LogP contribution in [0.4, 0.5) is 4.79 Å². The Morgan fingerprint density at radius 3 is 1.97 bits per heavy atom. The zero-order chi connectivity index (χ0) is 24.4. The largest absolute Gasteiger partial charge is 0.338 e. The van der Waals surface area contributed by atoms with E-state index >= 15 is 0 Å². The van der Waals surface area contributed by atoms with Gasteiger partial charge in [-0.1, -0.05) is 60.7 Å². The molecule has 3 aromatic rings. The fourth-order valence-corrected chi connectivity index (χ4v) is 6.49. The summed E-state index contributed by atoms with van der Waals surface area (Å²) in [6, 6.07) is 24.6. The van der Waals surface area contributed by atoms with Crippen molar-refractivity contribution >= 4 is 23.3 Å². The van der Waals surface area contributed by atoms with Crippen molar-refractivity contribution in [1.82, 2.24) is 14.7 Å². The lowest BCUT2D eigenvalue weighted by atomic mass is 9.89. The predicted molar refractivity (Wildman–Crippen MR) is 140 cm³/mol. The first kappa shape index (κ1) is 23.6. The summed E-state index contributed by atoms with van der Waals surface area (Å²) >= 11 is 1.75. The maximum absolute atomic E-state index is 13.9. The molecule has 2 fully saturated rings. The van der Waals surface area contributed by atoms with Gasteiger partial charge in [0.05, 0.1) is 24.5 Å². The zero-order valence-electron chi connectivity index (χ0n) is 20.5. The summed E-state index contributed by atoms with van der Waals surface area (Å²) in [7, 11) is 0. The SMILES string of the molecule is CCN(Cc1ccc(C)s1)C(=O)N1[C@@H]2CC[C@H]1CN(C(=O)C(c1ccccc1)c1ccccc1)C2. The molecular formula is C29H33N3O2S. The molecule has 0 aliphatic carbocycles. The first-order valence-electron chi connectivity index (χ1n) is 12.6. The van der Waals surface area contributed by atoms with E-state index in [-0.39, 0.29) is 29.9 Å². The molecule has 2 atom stereocenters. The van der Waals surface area contributed by atoms with Gasteiger partial charge in [-0.15, -0.1) is 11.3 Å². The van der Waals surface area contributed by atoms with Gasteiger partial charge in [0.1, 0.15) is 0 Å². The first-order chi connectivity index (χ1) is 17.0. The number of thiophene rings is 1. The van der Waals surface area contributed by atoms with Crippen molar-refractivity contribution in [1.29, 1.82) is 0 Å². The molecule has 2 bridgehead atoms. The smallest absolute Gasteiger partial charge is 0.320 e. The van der Waals surface area contributed by atoms with Crippen LogP contribution < -0.4 is 0 Å². The van der Waals surface area contributed by atoms with Crippen LogP contribution in [0.2, 0.25) is 0 Å². The topological polar surface area (TPSA) is 43.9 Å². The summed E-state index contributed by atoms with van der Waals surface area (Å²) in [6.45, 7) is 6.68. The Balaban J connectivity index is 1.33. The molecule has 2 aliphatic rings. The monoisotopic (exact) mass is 487 g/mol. The minimum Gasteiger partial charge on any atom is -0.338 e. The molecule has 5 rings (SSSR count). The van der Waals surface area contributed by atoms with Crippen molar-refractivity contribution in [3.63, 3.8) is 0 Å². The van der Waals surface area contributed by atoms with Crippen molar-refractivity contribution in [2.75, 3.05) is 19.6 Å². The van der Waals surface area contributed by atoms with Crippen LogP contribution in [-0.2, 0) is 11.3 Å². The molecule has 1 aromatic heterocycles. The van der Waals surface area contributed by atoms with Crippen molar-refractivity contribution < 1.29 is 9.59 Å². The molecule has 0 spiro atoms. The van der Waals surface area contributed by atoms with E-state index in [2.05, 4.69) is 24.0 Å². The van der Waals surface area contributed by atoms with Crippen LogP contribution in [-0.4, -0.2) is 58.4 Å². The summed E-state index contributed by atoms with van der Waals surface area (Å²) in [4.78, 5) is 36.1. The lowest BCUT2D eigenvalue weighted by Crippen LogP contribution is -2.60. The Kier molecular flexibility index (Phi) is 6.91. The summed E-state index contributed by atoms with van der Waals surface area (Å²) in [5.41, 5.74) is 2.02. The average molecular weight is 488 g/mol. The van der Waals surface area contributed by atoms with Gasteiger partial charge in [-0.3, -0.25) is 4.79 Å². The molecule has 0 N–H and O–H groups in total. The van der Waals surface area contributed by atoms with Crippen LogP contribution in [0.25, 0.3) is 0 Å². The number of aryl methyl sites for hydroxylation is 1. The number of rotatable bonds is 6. The summed E-state index contributed by atoms with van der Waals surface area (Å²) in [5, 5.41) is 0. The van der Waals surface area contributed by atoms with Gasteiger partial charge in [0.15, 0.2) is 0 Å². The molecule has 0 unspecified atom stereocenters. The second-order valence-corrected chi connectivity index (χ2v) is 11.0. The molecule has 0 saturated carbocycles. The number of hydrogen-bond donors (Lipinski definition) is 0. The van der Waals surface area contributed by atoms with E-state index in [1.807, 2.05) is 77.4 Å². The lowest BCUT2D eigenvalue weighted by molar-refractivity contribution is -0.134. The van der Waals surface area contributed by atoms with Crippen LogP contribution >= 0.6 is 11.3 Å². The Hall–Kier alpha value is -3.12. The quantitative estimate of drug-likeness (QED) is 0.460. The third-order valence-electron chi connectivity index (χ3n) is 7.32. The van der Waals surface area contributed by atoms with Crippen LogP contribution in [0.5, 0.6) is 0 Å². The van der Waals surface area contributed by atoms with E-state index in [1.54, 1.807) is 11.3 Å². The third kappa shape index (κ3) is 4.85. The second-order valence-electron chi connectivity index (χ2n) is 9.60. The van der Waals surface area contributed by atoms with Crippen molar-refractivity contribution in [3.8, 4) is 0 Å². The van der Waals surface area contributed by atoms with E-state index in [0.717, 1.165) is 24.0 Å². The molecule has 3 amide bonds. The van der Waals surface area contributed by atoms with Gasteiger partial charge in [-0.05, 0) is 49.9 Å². The van der Waals surface area contributed by atoms with Crippen LogP contribution in [0, 0.1) is 6.92 Å². The highest BCUT2D eigenvalue weighted by Gasteiger charge is 2.46. The van der Waals surface area contributed by atoms with Crippen molar-refractivity contribution in [2.45, 2.75) is 51.2 Å². The summed E-state index contributed by atoms with van der Waals surface area (Å²) < 4.78 is 0. The molecule has 2 saturated heterocycles. The number of amides is 3. The fraction of sp³-hybridized carbons (Fsp3) is 0.379. The fourth-order valence-electron chi connectivity index (χ4n) is 5.58. The van der Waals surface area contributed by atoms with Gasteiger partial charge in [0, 0.05) is 29.4 Å². The van der Waals surface area contributed by atoms with Gasteiger partial charge in [-0.25, -0.2) is 4.79 Å². The number of carbonyl (C=O) groups excluding carboxylic acids is 2. The molecule has 0 radical (unpaired) electrons. The highest BCUT2D eigenvalue weighted by molar-refractivity contribution is 7.11. The van der Waals surface area contributed by atoms with Gasteiger partial charge in [-0.2, -0.15) is 0 Å². The van der Waals surface area contributed by atoms with Crippen molar-refractivity contribution in [3.05, 3.63) is 93.7 Å². The highest BCUT2D eigenvalue weighted by atomic mass is 32.1. The molecule has 35 heavy (non-hydrogen) atoms. The Morgan fingerprint density at radius 1 is 0.914 bits per heavy atom. The van der Waals surface area contributed by atoms with E-state index in [4.69, 9.17) is 0 Å². The first-order valence-corrected chi connectivity index (χ1v) is 13.4. The number of piperazine rings is 1. The Bertz CT molecular complexity index is 1110. The summed E-state index contributed by atoms with van der Waals surface area (Å²) in [5.74, 6) is -0.193. The van der Waals surface area contributed by atoms with E-state index in [1.165, 1.54) is 9.75 Å². The maximum atomic E-state index is 13.9. The van der Waals surface area contributed by atoms with Gasteiger partial charge < -0.3 is 14.7 Å². The normalized spacial score (nSPS) is 19.3. The number of carbonyl (C=O) groups is 2. The number of nitrogens with zero attached hydrogens (tertiary/aromatic N) is 3. The van der Waals surface area contributed by atoms with E-state index in [0.29, 0.717) is 26.2 Å². The minimum absolute atomic E-state index is 0.0801.